The number of benzene rings is 1. The first-order chi connectivity index (χ1) is 13.5. The second kappa shape index (κ2) is 8.46. The van der Waals surface area contributed by atoms with Gasteiger partial charge in [-0.05, 0) is 24.5 Å². The van der Waals surface area contributed by atoms with Crippen LogP contribution in [0.2, 0.25) is 0 Å². The minimum Gasteiger partial charge on any atom is -0.425 e. The van der Waals surface area contributed by atoms with Crippen molar-refractivity contribution >= 4 is 11.2 Å². The van der Waals surface area contributed by atoms with E-state index in [-0.39, 0.29) is 5.56 Å². The number of aryl methyl sites for hydroxylation is 1. The zero-order chi connectivity index (χ0) is 20.3. The minimum absolute atomic E-state index is 0.342. The SMILES string of the molecule is CCCCC(CC)Cn1c(Oc2ccccc2)nc2c1c(=O)n(C)c(=O)n2C. The Morgan fingerprint density at radius 3 is 2.43 bits per heavy atom. The maximum Gasteiger partial charge on any atom is 0.332 e. The highest BCUT2D eigenvalue weighted by Crippen LogP contribution is 2.26. The van der Waals surface area contributed by atoms with Crippen molar-refractivity contribution in [3.8, 4) is 11.8 Å². The summed E-state index contributed by atoms with van der Waals surface area (Å²) in [5.41, 5.74) is 0.0140. The summed E-state index contributed by atoms with van der Waals surface area (Å²) in [7, 11) is 3.12. The molecule has 0 N–H and O–H groups in total. The van der Waals surface area contributed by atoms with Gasteiger partial charge >= 0.3 is 11.7 Å². The van der Waals surface area contributed by atoms with Crippen LogP contribution in [0.15, 0.2) is 39.9 Å². The molecular weight excluding hydrogens is 356 g/mol. The van der Waals surface area contributed by atoms with E-state index in [1.165, 1.54) is 11.6 Å². The van der Waals surface area contributed by atoms with Crippen molar-refractivity contribution in [1.82, 2.24) is 18.7 Å². The quantitative estimate of drug-likeness (QED) is 0.596. The Bertz CT molecular complexity index is 1060. The van der Waals surface area contributed by atoms with E-state index in [9.17, 15) is 9.59 Å². The molecule has 1 atom stereocenters. The number of fused-ring (bicyclic) bond motifs is 1. The van der Waals surface area contributed by atoms with Crippen LogP contribution in [0.25, 0.3) is 11.2 Å². The lowest BCUT2D eigenvalue weighted by atomic mass is 9.99. The molecule has 2 aromatic heterocycles. The molecule has 0 saturated heterocycles. The van der Waals surface area contributed by atoms with Crippen LogP contribution >= 0.6 is 0 Å². The predicted molar refractivity (Wildman–Crippen MR) is 110 cm³/mol. The molecule has 0 saturated carbocycles. The summed E-state index contributed by atoms with van der Waals surface area (Å²) in [6, 6.07) is 9.70. The fraction of sp³-hybridized carbons (Fsp3) is 0.476. The highest BCUT2D eigenvalue weighted by Gasteiger charge is 2.22. The molecule has 0 spiro atoms. The van der Waals surface area contributed by atoms with E-state index >= 15 is 0 Å². The monoisotopic (exact) mass is 384 g/mol. The maximum atomic E-state index is 12.9. The van der Waals surface area contributed by atoms with E-state index in [1.807, 2.05) is 34.9 Å². The summed E-state index contributed by atoms with van der Waals surface area (Å²) in [6.07, 6.45) is 4.33. The normalized spacial score (nSPS) is 12.4. The largest absolute Gasteiger partial charge is 0.425 e. The number of imidazole rings is 1. The molecule has 7 heteroatoms. The molecule has 7 nitrogen and oxygen atoms in total. The molecule has 3 rings (SSSR count). The van der Waals surface area contributed by atoms with E-state index in [0.717, 1.165) is 30.3 Å². The Labute approximate surface area is 164 Å². The lowest BCUT2D eigenvalue weighted by Gasteiger charge is -2.17. The minimum atomic E-state index is -0.397. The average molecular weight is 384 g/mol. The van der Waals surface area contributed by atoms with Gasteiger partial charge in [0.2, 0.25) is 0 Å². The number of aromatic nitrogens is 4. The highest BCUT2D eigenvalue weighted by atomic mass is 16.5. The number of unbranched alkanes of at least 4 members (excludes halogenated alkanes) is 1. The van der Waals surface area contributed by atoms with E-state index in [4.69, 9.17) is 4.74 Å². The number of ether oxygens (including phenoxy) is 1. The van der Waals surface area contributed by atoms with Crippen LogP contribution in [0.5, 0.6) is 11.8 Å². The van der Waals surface area contributed by atoms with E-state index < -0.39 is 5.69 Å². The van der Waals surface area contributed by atoms with Crippen molar-refractivity contribution in [1.29, 1.82) is 0 Å². The van der Waals surface area contributed by atoms with E-state index in [2.05, 4.69) is 18.8 Å². The standard InChI is InChI=1S/C21H28N4O3/c1-5-7-11-15(6-2)14-25-17-18(23(3)21(27)24(4)19(17)26)22-20(25)28-16-12-9-8-10-13-16/h8-10,12-13,15H,5-7,11,14H2,1-4H3. The van der Waals surface area contributed by atoms with Crippen LogP contribution in [-0.4, -0.2) is 18.7 Å². The molecular formula is C21H28N4O3. The van der Waals surface area contributed by atoms with Crippen molar-refractivity contribution in [2.24, 2.45) is 20.0 Å². The average Bonchev–Trinajstić information content (AvgIpc) is 3.06. The molecule has 2 heterocycles. The van der Waals surface area contributed by atoms with Gasteiger partial charge in [-0.2, -0.15) is 4.98 Å². The number of hydrogen-bond acceptors (Lipinski definition) is 4. The van der Waals surface area contributed by atoms with Gasteiger partial charge in [-0.1, -0.05) is 51.3 Å². The van der Waals surface area contributed by atoms with Gasteiger partial charge in [0, 0.05) is 20.6 Å². The zero-order valence-electron chi connectivity index (χ0n) is 17.0. The number of para-hydroxylation sites is 1. The molecule has 150 valence electrons. The van der Waals surface area contributed by atoms with Gasteiger partial charge in [0.1, 0.15) is 5.75 Å². The van der Waals surface area contributed by atoms with Gasteiger partial charge in [-0.15, -0.1) is 0 Å². The molecule has 0 aliphatic heterocycles. The molecule has 0 aliphatic rings. The van der Waals surface area contributed by atoms with Gasteiger partial charge in [0.15, 0.2) is 11.2 Å². The topological polar surface area (TPSA) is 71.1 Å². The molecule has 3 aromatic rings. The molecule has 0 bridgehead atoms. The summed E-state index contributed by atoms with van der Waals surface area (Å²) < 4.78 is 10.4. The third-order valence-electron chi connectivity index (χ3n) is 5.25. The highest BCUT2D eigenvalue weighted by molar-refractivity contribution is 5.72. The lowest BCUT2D eigenvalue weighted by Crippen LogP contribution is -2.37. The van der Waals surface area contributed by atoms with Gasteiger partial charge in [0.25, 0.3) is 5.56 Å². The summed E-state index contributed by atoms with van der Waals surface area (Å²) in [5.74, 6) is 1.04. The molecule has 0 fully saturated rings. The zero-order valence-corrected chi connectivity index (χ0v) is 17.0. The van der Waals surface area contributed by atoms with Crippen molar-refractivity contribution in [3.05, 3.63) is 51.2 Å². The van der Waals surface area contributed by atoms with Gasteiger partial charge in [-0.25, -0.2) is 4.79 Å². The maximum absolute atomic E-state index is 12.9. The van der Waals surface area contributed by atoms with Gasteiger partial charge < -0.3 is 4.74 Å². The molecule has 28 heavy (non-hydrogen) atoms. The Morgan fingerprint density at radius 2 is 1.79 bits per heavy atom. The third kappa shape index (κ3) is 3.74. The van der Waals surface area contributed by atoms with Crippen molar-refractivity contribution < 1.29 is 4.74 Å². The molecule has 0 amide bonds. The van der Waals surface area contributed by atoms with Crippen LogP contribution in [0.3, 0.4) is 0 Å². The van der Waals surface area contributed by atoms with Crippen LogP contribution in [-0.2, 0) is 20.6 Å². The number of nitrogens with zero attached hydrogens (tertiary/aromatic N) is 4. The van der Waals surface area contributed by atoms with Crippen LogP contribution < -0.4 is 16.0 Å². The summed E-state index contributed by atoms with van der Waals surface area (Å²) in [4.78, 5) is 29.8. The fourth-order valence-electron chi connectivity index (χ4n) is 3.44. The summed E-state index contributed by atoms with van der Waals surface area (Å²) in [5, 5.41) is 0. The Kier molecular flexibility index (Phi) is 6.02. The second-order valence-corrected chi connectivity index (χ2v) is 7.21. The Balaban J connectivity index is 2.17. The van der Waals surface area contributed by atoms with Crippen LogP contribution in [0.1, 0.15) is 39.5 Å². The molecule has 0 radical (unpaired) electrons. The number of rotatable bonds is 8. The lowest BCUT2D eigenvalue weighted by molar-refractivity contribution is 0.353. The predicted octanol–water partition coefficient (Wildman–Crippen LogP) is 3.44. The van der Waals surface area contributed by atoms with E-state index in [0.29, 0.717) is 35.4 Å². The van der Waals surface area contributed by atoms with Crippen molar-refractivity contribution in [2.75, 3.05) is 0 Å². The van der Waals surface area contributed by atoms with Gasteiger partial charge in [-0.3, -0.25) is 18.5 Å². The first-order valence-corrected chi connectivity index (χ1v) is 9.87. The Morgan fingerprint density at radius 1 is 1.07 bits per heavy atom. The van der Waals surface area contributed by atoms with Crippen molar-refractivity contribution in [3.63, 3.8) is 0 Å². The van der Waals surface area contributed by atoms with E-state index in [1.54, 1.807) is 7.05 Å². The first kappa shape index (κ1) is 19.9. The summed E-state index contributed by atoms with van der Waals surface area (Å²) in [6.45, 7) is 4.96. The molecule has 1 unspecified atom stereocenters. The van der Waals surface area contributed by atoms with Gasteiger partial charge in [0.05, 0.1) is 0 Å². The Hall–Kier alpha value is -2.83. The smallest absolute Gasteiger partial charge is 0.332 e. The molecule has 1 aromatic carbocycles. The third-order valence-corrected chi connectivity index (χ3v) is 5.25. The van der Waals surface area contributed by atoms with Crippen molar-refractivity contribution in [2.45, 2.75) is 46.1 Å². The van der Waals surface area contributed by atoms with Crippen LogP contribution in [0.4, 0.5) is 0 Å². The second-order valence-electron chi connectivity index (χ2n) is 7.21. The molecule has 0 aliphatic carbocycles. The number of hydrogen-bond donors (Lipinski definition) is 0. The fourth-order valence-corrected chi connectivity index (χ4v) is 3.44. The summed E-state index contributed by atoms with van der Waals surface area (Å²) >= 11 is 0. The van der Waals surface area contributed by atoms with Crippen LogP contribution in [0, 0.1) is 5.92 Å². The first-order valence-electron chi connectivity index (χ1n) is 9.87.